The topological polar surface area (TPSA) is 138 Å². The number of anilines is 2. The van der Waals surface area contributed by atoms with E-state index in [1.54, 1.807) is 31.3 Å². The number of carbonyl (C=O) groups excluding carboxylic acids is 1. The molecule has 11 nitrogen and oxygen atoms in total. The summed E-state index contributed by atoms with van der Waals surface area (Å²) in [6, 6.07) is 19.9. The summed E-state index contributed by atoms with van der Waals surface area (Å²) < 4.78 is 25.0. The van der Waals surface area contributed by atoms with Crippen LogP contribution in [0.4, 0.5) is 21.9 Å². The van der Waals surface area contributed by atoms with Crippen molar-refractivity contribution in [3.8, 4) is 0 Å². The van der Waals surface area contributed by atoms with Crippen LogP contribution in [0.25, 0.3) is 0 Å². The van der Waals surface area contributed by atoms with Crippen molar-refractivity contribution < 1.29 is 18.1 Å². The minimum atomic E-state index is -3.36. The van der Waals surface area contributed by atoms with E-state index < -0.39 is 19.7 Å². The van der Waals surface area contributed by atoms with Gasteiger partial charge in [-0.05, 0) is 86.2 Å². The number of hydrogen-bond donors (Lipinski definition) is 1. The van der Waals surface area contributed by atoms with Gasteiger partial charge in [0.1, 0.15) is 5.84 Å². The minimum absolute atomic E-state index is 0.0109. The molecule has 230 valence electrons. The van der Waals surface area contributed by atoms with Gasteiger partial charge in [-0.25, -0.2) is 13.4 Å². The van der Waals surface area contributed by atoms with Crippen LogP contribution in [-0.2, 0) is 22.9 Å². The van der Waals surface area contributed by atoms with E-state index in [4.69, 9.17) is 4.99 Å². The maximum atomic E-state index is 12.3. The third-order valence-electron chi connectivity index (χ3n) is 7.41. The third kappa shape index (κ3) is 7.11. The van der Waals surface area contributed by atoms with E-state index in [1.807, 2.05) is 32.0 Å². The summed E-state index contributed by atoms with van der Waals surface area (Å²) in [5, 5.41) is 17.2. The fraction of sp³-hybridized carbons (Fsp3) is 0.323. The van der Waals surface area contributed by atoms with Gasteiger partial charge in [-0.2, -0.15) is 5.10 Å². The molecule has 0 fully saturated rings. The summed E-state index contributed by atoms with van der Waals surface area (Å²) in [6.07, 6.45) is 3.49. The molecule has 2 aliphatic heterocycles. The fourth-order valence-electron chi connectivity index (χ4n) is 5.32. The van der Waals surface area contributed by atoms with Crippen LogP contribution in [-0.4, -0.2) is 66.3 Å². The average Bonchev–Trinajstić information content (AvgIpc) is 2.97. The second-order valence-corrected chi connectivity index (χ2v) is 14.6. The Hall–Kier alpha value is -4.23. The van der Waals surface area contributed by atoms with Gasteiger partial charge in [0.05, 0.1) is 21.6 Å². The molecular weight excluding hydrogens is 601 g/mol. The highest BCUT2D eigenvalue weighted by molar-refractivity contribution is 8.15. The van der Waals surface area contributed by atoms with Crippen molar-refractivity contribution in [1.29, 1.82) is 0 Å². The van der Waals surface area contributed by atoms with Crippen molar-refractivity contribution in [2.24, 2.45) is 10.1 Å². The molecule has 3 aromatic rings. The standard InChI is InChI=1S/C31H34N6O5S2/c1-31(2)28(33-35(3)30(38)43-31)24-11-16-27-23(20-24)6-5-19-36(27)29(22-9-14-26(15-10-22)37(39)40)32-18-17-21-7-12-25(13-8-21)34-44(4,41)42/h7-16,20,34H,5-6,17-19H2,1-4H3. The van der Waals surface area contributed by atoms with Gasteiger partial charge in [-0.15, -0.1) is 0 Å². The van der Waals surface area contributed by atoms with Crippen molar-refractivity contribution in [1.82, 2.24) is 5.01 Å². The number of aliphatic imine (C=N–C) groups is 1. The predicted molar refractivity (Wildman–Crippen MR) is 177 cm³/mol. The van der Waals surface area contributed by atoms with Gasteiger partial charge in [0.25, 0.3) is 5.69 Å². The van der Waals surface area contributed by atoms with Crippen LogP contribution in [0.2, 0.25) is 0 Å². The van der Waals surface area contributed by atoms with E-state index in [1.165, 1.54) is 28.9 Å². The lowest BCUT2D eigenvalue weighted by molar-refractivity contribution is -0.384. The molecule has 44 heavy (non-hydrogen) atoms. The van der Waals surface area contributed by atoms with Crippen LogP contribution >= 0.6 is 11.8 Å². The molecule has 1 amide bonds. The zero-order valence-electron chi connectivity index (χ0n) is 25.0. The zero-order chi connectivity index (χ0) is 31.6. The van der Waals surface area contributed by atoms with E-state index in [9.17, 15) is 23.3 Å². The Morgan fingerprint density at radius 1 is 1.11 bits per heavy atom. The lowest BCUT2D eigenvalue weighted by Crippen LogP contribution is -2.40. The van der Waals surface area contributed by atoms with Gasteiger partial charge in [-0.3, -0.25) is 24.6 Å². The number of hydrazone groups is 1. The van der Waals surface area contributed by atoms with Gasteiger partial charge in [0.15, 0.2) is 0 Å². The Balaban J connectivity index is 1.46. The summed E-state index contributed by atoms with van der Waals surface area (Å²) >= 11 is 1.26. The van der Waals surface area contributed by atoms with E-state index in [0.717, 1.165) is 65.1 Å². The van der Waals surface area contributed by atoms with Crippen molar-refractivity contribution in [2.75, 3.05) is 36.0 Å². The lowest BCUT2D eigenvalue weighted by atomic mass is 9.93. The molecule has 0 saturated carbocycles. The number of non-ortho nitro benzene ring substituents is 1. The van der Waals surface area contributed by atoms with E-state index in [0.29, 0.717) is 18.7 Å². The molecule has 0 bridgehead atoms. The normalized spacial score (nSPS) is 16.8. The molecule has 3 aromatic carbocycles. The van der Waals surface area contributed by atoms with Crippen LogP contribution < -0.4 is 9.62 Å². The number of nitrogens with one attached hydrogen (secondary N) is 1. The lowest BCUT2D eigenvalue weighted by Gasteiger charge is -2.35. The Morgan fingerprint density at radius 2 is 1.82 bits per heavy atom. The first kappa shape index (κ1) is 31.2. The van der Waals surface area contributed by atoms with Crippen LogP contribution in [0.3, 0.4) is 0 Å². The number of nitro groups is 1. The SMILES string of the molecule is CN1N=C(c2ccc3c(c2)CCCN3C(=NCCc2ccc(NS(C)(=O)=O)cc2)c2ccc([N+](=O)[O-])cc2)C(C)(C)SC1=O. The van der Waals surface area contributed by atoms with Crippen molar-refractivity contribution in [3.63, 3.8) is 0 Å². The number of nitrogens with zero attached hydrogens (tertiary/aromatic N) is 5. The molecule has 1 N–H and O–H groups in total. The van der Waals surface area contributed by atoms with Crippen LogP contribution in [0.1, 0.15) is 42.5 Å². The zero-order valence-corrected chi connectivity index (χ0v) is 26.6. The number of aryl methyl sites for hydroxylation is 1. The minimum Gasteiger partial charge on any atom is -0.326 e. The quantitative estimate of drug-likeness (QED) is 0.145. The molecule has 5 rings (SSSR count). The molecule has 0 saturated heterocycles. The molecule has 2 heterocycles. The first-order valence-corrected chi connectivity index (χ1v) is 16.8. The molecule has 0 radical (unpaired) electrons. The monoisotopic (exact) mass is 634 g/mol. The molecule has 13 heteroatoms. The van der Waals surface area contributed by atoms with E-state index >= 15 is 0 Å². The number of fused-ring (bicyclic) bond motifs is 1. The number of hydrogen-bond acceptors (Lipinski definition) is 8. The fourth-order valence-corrected chi connectivity index (χ4v) is 6.75. The molecular formula is C31H34N6O5S2. The van der Waals surface area contributed by atoms with Crippen LogP contribution in [0, 0.1) is 10.1 Å². The number of carbonyl (C=O) groups is 1. The molecule has 0 spiro atoms. The van der Waals surface area contributed by atoms with Gasteiger partial charge in [0.2, 0.25) is 10.0 Å². The van der Waals surface area contributed by atoms with Crippen molar-refractivity contribution >= 4 is 55.6 Å². The number of benzene rings is 3. The summed E-state index contributed by atoms with van der Waals surface area (Å²) in [7, 11) is -1.69. The van der Waals surface area contributed by atoms with Crippen LogP contribution in [0.5, 0.6) is 0 Å². The van der Waals surface area contributed by atoms with E-state index in [2.05, 4.69) is 26.9 Å². The summed E-state index contributed by atoms with van der Waals surface area (Å²) in [5.74, 6) is 0.722. The predicted octanol–water partition coefficient (Wildman–Crippen LogP) is 5.69. The highest BCUT2D eigenvalue weighted by atomic mass is 32.2. The van der Waals surface area contributed by atoms with Gasteiger partial charge < -0.3 is 4.90 Å². The number of amidine groups is 1. The first-order chi connectivity index (χ1) is 20.8. The number of thioether (sulfide) groups is 1. The summed E-state index contributed by atoms with van der Waals surface area (Å²) in [6.45, 7) is 5.19. The average molecular weight is 635 g/mol. The van der Waals surface area contributed by atoms with Gasteiger partial charge in [-0.1, -0.05) is 30.0 Å². The molecule has 0 unspecified atom stereocenters. The van der Waals surface area contributed by atoms with Crippen molar-refractivity contribution in [2.45, 2.75) is 37.9 Å². The maximum Gasteiger partial charge on any atom is 0.302 e. The highest BCUT2D eigenvalue weighted by Crippen LogP contribution is 2.37. The maximum absolute atomic E-state index is 12.3. The second-order valence-electron chi connectivity index (χ2n) is 11.3. The number of nitro benzene ring substituents is 1. The van der Waals surface area contributed by atoms with Gasteiger partial charge in [0, 0.05) is 49.2 Å². The van der Waals surface area contributed by atoms with Crippen LogP contribution in [0.15, 0.2) is 76.8 Å². The Kier molecular flexibility index (Phi) is 8.80. The molecule has 0 atom stereocenters. The Bertz CT molecular complexity index is 1750. The highest BCUT2D eigenvalue weighted by Gasteiger charge is 2.37. The molecule has 0 aromatic heterocycles. The number of rotatable bonds is 8. The number of sulfonamides is 1. The first-order valence-electron chi connectivity index (χ1n) is 14.1. The third-order valence-corrected chi connectivity index (χ3v) is 9.16. The second kappa shape index (κ2) is 12.4. The number of amides is 1. The molecule has 2 aliphatic rings. The van der Waals surface area contributed by atoms with E-state index in [-0.39, 0.29) is 10.9 Å². The summed E-state index contributed by atoms with van der Waals surface area (Å²) in [4.78, 5) is 30.4. The summed E-state index contributed by atoms with van der Waals surface area (Å²) in [5.41, 5.74) is 6.23. The smallest absolute Gasteiger partial charge is 0.302 e. The van der Waals surface area contributed by atoms with Crippen molar-refractivity contribution in [3.05, 3.63) is 99.1 Å². The Morgan fingerprint density at radius 3 is 2.48 bits per heavy atom. The van der Waals surface area contributed by atoms with Gasteiger partial charge >= 0.3 is 5.24 Å². The largest absolute Gasteiger partial charge is 0.326 e. The molecule has 0 aliphatic carbocycles. The Labute approximate surface area is 261 Å².